The first-order chi connectivity index (χ1) is 7.35. The molecule has 0 amide bonds. The van der Waals surface area contributed by atoms with Crippen molar-refractivity contribution in [3.8, 4) is 0 Å². The summed E-state index contributed by atoms with van der Waals surface area (Å²) >= 11 is 3.56. The summed E-state index contributed by atoms with van der Waals surface area (Å²) in [5, 5.41) is 4.42. The van der Waals surface area contributed by atoms with Crippen molar-refractivity contribution in [3.63, 3.8) is 0 Å². The lowest BCUT2D eigenvalue weighted by molar-refractivity contribution is -0.0765. The summed E-state index contributed by atoms with van der Waals surface area (Å²) < 4.78 is 2.95. The van der Waals surface area contributed by atoms with Gasteiger partial charge in [0.25, 0.3) is 0 Å². The van der Waals surface area contributed by atoms with Crippen LogP contribution in [-0.4, -0.2) is 15.4 Å². The molecular weight excluding hydrogens is 270 g/mol. The zero-order valence-electron chi connectivity index (χ0n) is 10.6. The third-order valence-corrected chi connectivity index (χ3v) is 3.04. The molecule has 0 spiro atoms. The summed E-state index contributed by atoms with van der Waals surface area (Å²) in [5.41, 5.74) is 4.96. The molecule has 0 saturated carbocycles. The predicted octanol–water partition coefficient (Wildman–Crippen LogP) is 2.56. The number of nitrogens with zero attached hydrogens (tertiary/aromatic N) is 2. The van der Waals surface area contributed by atoms with Gasteiger partial charge in [0.1, 0.15) is 0 Å². The van der Waals surface area contributed by atoms with Crippen LogP contribution in [0.25, 0.3) is 0 Å². The van der Waals surface area contributed by atoms with Crippen molar-refractivity contribution in [2.24, 2.45) is 7.05 Å². The van der Waals surface area contributed by atoms with E-state index in [1.54, 1.807) is 0 Å². The summed E-state index contributed by atoms with van der Waals surface area (Å²) in [6, 6.07) is 0. The highest BCUT2D eigenvalue weighted by Gasteiger charge is 2.14. The van der Waals surface area contributed by atoms with Gasteiger partial charge in [-0.1, -0.05) is 6.92 Å². The third-order valence-electron chi connectivity index (χ3n) is 2.12. The Kier molecular flexibility index (Phi) is 4.52. The molecule has 0 saturated heterocycles. The Morgan fingerprint density at radius 1 is 1.44 bits per heavy atom. The van der Waals surface area contributed by atoms with E-state index in [1.165, 1.54) is 0 Å². The molecule has 92 valence electrons. The Morgan fingerprint density at radius 2 is 2.06 bits per heavy atom. The second-order valence-corrected chi connectivity index (χ2v) is 5.51. The largest absolute Gasteiger partial charge is 0.296 e. The Balaban J connectivity index is 2.64. The summed E-state index contributed by atoms with van der Waals surface area (Å²) in [6.45, 7) is 8.76. The van der Waals surface area contributed by atoms with Gasteiger partial charge in [0.15, 0.2) is 0 Å². The molecule has 0 aliphatic carbocycles. The van der Waals surface area contributed by atoms with Crippen LogP contribution in [0.4, 0.5) is 0 Å². The molecule has 0 unspecified atom stereocenters. The minimum atomic E-state index is -0.182. The molecule has 0 radical (unpaired) electrons. The standard InChI is InChI=1S/C11H20BrN3O/c1-6-8-10(12)9(15(5)14-8)7-13-16-11(2,3)4/h13H,6-7H2,1-5H3. The maximum atomic E-state index is 5.47. The van der Waals surface area contributed by atoms with Crippen molar-refractivity contribution >= 4 is 15.9 Å². The van der Waals surface area contributed by atoms with Crippen LogP contribution in [0.5, 0.6) is 0 Å². The molecule has 1 aromatic rings. The normalized spacial score (nSPS) is 12.1. The van der Waals surface area contributed by atoms with Gasteiger partial charge in [0, 0.05) is 7.05 Å². The number of hydrogen-bond donors (Lipinski definition) is 1. The second kappa shape index (κ2) is 5.29. The molecule has 5 heteroatoms. The van der Waals surface area contributed by atoms with Crippen molar-refractivity contribution in [2.45, 2.75) is 46.3 Å². The predicted molar refractivity (Wildman–Crippen MR) is 68.0 cm³/mol. The molecule has 0 aliphatic heterocycles. The van der Waals surface area contributed by atoms with Crippen molar-refractivity contribution in [3.05, 3.63) is 15.9 Å². The van der Waals surface area contributed by atoms with Crippen LogP contribution in [-0.2, 0) is 24.9 Å². The lowest BCUT2D eigenvalue weighted by Gasteiger charge is -2.19. The molecule has 0 aromatic carbocycles. The zero-order chi connectivity index (χ0) is 12.3. The summed E-state index contributed by atoms with van der Waals surface area (Å²) in [4.78, 5) is 5.47. The first-order valence-corrected chi connectivity index (χ1v) is 6.25. The van der Waals surface area contributed by atoms with Crippen LogP contribution >= 0.6 is 15.9 Å². The van der Waals surface area contributed by atoms with Gasteiger partial charge in [-0.3, -0.25) is 9.52 Å². The monoisotopic (exact) mass is 289 g/mol. The molecule has 0 bridgehead atoms. The lowest BCUT2D eigenvalue weighted by Crippen LogP contribution is -2.29. The van der Waals surface area contributed by atoms with E-state index in [-0.39, 0.29) is 5.60 Å². The zero-order valence-corrected chi connectivity index (χ0v) is 12.2. The highest BCUT2D eigenvalue weighted by molar-refractivity contribution is 9.10. The van der Waals surface area contributed by atoms with Gasteiger partial charge < -0.3 is 0 Å². The van der Waals surface area contributed by atoms with Crippen LogP contribution < -0.4 is 5.48 Å². The van der Waals surface area contributed by atoms with Gasteiger partial charge in [0.05, 0.1) is 28.0 Å². The van der Waals surface area contributed by atoms with Crippen molar-refractivity contribution < 1.29 is 4.84 Å². The minimum Gasteiger partial charge on any atom is -0.296 e. The van der Waals surface area contributed by atoms with Gasteiger partial charge >= 0.3 is 0 Å². The number of hydroxylamine groups is 1. The van der Waals surface area contributed by atoms with Gasteiger partial charge in [-0.2, -0.15) is 10.6 Å². The molecule has 4 nitrogen and oxygen atoms in total. The van der Waals surface area contributed by atoms with Crippen molar-refractivity contribution in [1.29, 1.82) is 0 Å². The van der Waals surface area contributed by atoms with Crippen LogP contribution in [0.15, 0.2) is 4.47 Å². The van der Waals surface area contributed by atoms with Crippen LogP contribution in [0.2, 0.25) is 0 Å². The summed E-state index contributed by atoms with van der Waals surface area (Å²) in [6.07, 6.45) is 0.925. The van der Waals surface area contributed by atoms with Gasteiger partial charge in [0.2, 0.25) is 0 Å². The van der Waals surface area contributed by atoms with E-state index in [2.05, 4.69) is 33.4 Å². The Morgan fingerprint density at radius 3 is 2.50 bits per heavy atom. The third kappa shape index (κ3) is 3.57. The number of nitrogens with one attached hydrogen (secondary N) is 1. The van der Waals surface area contributed by atoms with E-state index in [0.717, 1.165) is 22.3 Å². The van der Waals surface area contributed by atoms with Gasteiger partial charge in [-0.05, 0) is 43.1 Å². The van der Waals surface area contributed by atoms with E-state index in [0.29, 0.717) is 6.54 Å². The average Bonchev–Trinajstić information content (AvgIpc) is 2.42. The number of rotatable bonds is 4. The summed E-state index contributed by atoms with van der Waals surface area (Å²) in [7, 11) is 1.94. The van der Waals surface area contributed by atoms with E-state index in [9.17, 15) is 0 Å². The number of halogens is 1. The van der Waals surface area contributed by atoms with Crippen LogP contribution in [0.3, 0.4) is 0 Å². The molecule has 0 aliphatic rings. The molecule has 1 aromatic heterocycles. The van der Waals surface area contributed by atoms with Crippen LogP contribution in [0.1, 0.15) is 39.1 Å². The second-order valence-electron chi connectivity index (χ2n) is 4.72. The molecule has 0 fully saturated rings. The fourth-order valence-electron chi connectivity index (χ4n) is 1.33. The Hall–Kier alpha value is -0.390. The first-order valence-electron chi connectivity index (χ1n) is 5.46. The Labute approximate surface area is 105 Å². The first kappa shape index (κ1) is 13.7. The molecule has 1 N–H and O–H groups in total. The fourth-order valence-corrected chi connectivity index (χ4v) is 2.09. The van der Waals surface area contributed by atoms with Gasteiger partial charge in [-0.15, -0.1) is 0 Å². The SMILES string of the molecule is CCc1nn(C)c(CNOC(C)(C)C)c1Br. The van der Waals surface area contributed by atoms with E-state index < -0.39 is 0 Å². The lowest BCUT2D eigenvalue weighted by atomic mass is 10.2. The quantitative estimate of drug-likeness (QED) is 0.866. The highest BCUT2D eigenvalue weighted by Crippen LogP contribution is 2.21. The molecule has 1 heterocycles. The van der Waals surface area contributed by atoms with Gasteiger partial charge in [-0.25, -0.2) is 0 Å². The molecular formula is C11H20BrN3O. The maximum Gasteiger partial charge on any atom is 0.0813 e. The minimum absolute atomic E-state index is 0.182. The average molecular weight is 290 g/mol. The summed E-state index contributed by atoms with van der Waals surface area (Å²) in [5.74, 6) is 0. The highest BCUT2D eigenvalue weighted by atomic mass is 79.9. The van der Waals surface area contributed by atoms with Crippen LogP contribution in [0, 0.1) is 0 Å². The smallest absolute Gasteiger partial charge is 0.0813 e. The number of aromatic nitrogens is 2. The van der Waals surface area contributed by atoms with E-state index in [4.69, 9.17) is 4.84 Å². The Bertz CT molecular complexity index is 355. The van der Waals surface area contributed by atoms with E-state index in [1.807, 2.05) is 32.5 Å². The fraction of sp³-hybridized carbons (Fsp3) is 0.727. The molecule has 16 heavy (non-hydrogen) atoms. The number of hydrogen-bond acceptors (Lipinski definition) is 3. The topological polar surface area (TPSA) is 39.1 Å². The molecule has 0 atom stereocenters. The van der Waals surface area contributed by atoms with E-state index >= 15 is 0 Å². The number of aryl methyl sites for hydroxylation is 2. The molecule has 1 rings (SSSR count). The maximum absolute atomic E-state index is 5.47. The van der Waals surface area contributed by atoms with Crippen molar-refractivity contribution in [1.82, 2.24) is 15.3 Å². The van der Waals surface area contributed by atoms with Crippen molar-refractivity contribution in [2.75, 3.05) is 0 Å².